The van der Waals surface area contributed by atoms with E-state index in [0.29, 0.717) is 60.6 Å². The SMILES string of the molecule is C=CCn1c(CNC(=O)c2ccc(C)cc2)nnc1SCC(=O)Nc1cccc(C(=O)N2CCOCC2)c1. The minimum atomic E-state index is -0.242. The average Bonchev–Trinajstić information content (AvgIpc) is 3.32. The molecular weight excluding hydrogens is 504 g/mol. The Balaban J connectivity index is 1.33. The molecule has 2 N–H and O–H groups in total. The van der Waals surface area contributed by atoms with Crippen molar-refractivity contribution in [2.24, 2.45) is 0 Å². The van der Waals surface area contributed by atoms with Gasteiger partial charge in [-0.05, 0) is 37.3 Å². The first-order valence-electron chi connectivity index (χ1n) is 12.2. The third kappa shape index (κ3) is 7.08. The number of hydrogen-bond acceptors (Lipinski definition) is 7. The van der Waals surface area contributed by atoms with Crippen molar-refractivity contribution in [2.75, 3.05) is 37.4 Å². The van der Waals surface area contributed by atoms with E-state index >= 15 is 0 Å². The Bertz CT molecular complexity index is 1300. The first-order valence-corrected chi connectivity index (χ1v) is 13.2. The molecule has 198 valence electrons. The number of hydrogen-bond donors (Lipinski definition) is 2. The minimum Gasteiger partial charge on any atom is -0.378 e. The lowest BCUT2D eigenvalue weighted by molar-refractivity contribution is -0.113. The van der Waals surface area contributed by atoms with Gasteiger partial charge in [-0.3, -0.25) is 14.4 Å². The van der Waals surface area contributed by atoms with Crippen LogP contribution in [-0.4, -0.2) is 69.4 Å². The van der Waals surface area contributed by atoms with E-state index in [2.05, 4.69) is 27.4 Å². The smallest absolute Gasteiger partial charge is 0.254 e. The standard InChI is InChI=1S/C27H30N6O4S/c1-3-11-33-23(17-28-25(35)20-9-7-19(2)8-10-20)30-31-27(33)38-18-24(34)29-22-6-4-5-21(16-22)26(36)32-12-14-37-15-13-32/h3-10,16H,1,11-15,17-18H2,2H3,(H,28,35)(H,29,34). The second-order valence-electron chi connectivity index (χ2n) is 8.67. The van der Waals surface area contributed by atoms with Gasteiger partial charge in [-0.15, -0.1) is 16.8 Å². The molecule has 0 spiro atoms. The number of anilines is 1. The number of aryl methyl sites for hydroxylation is 1. The van der Waals surface area contributed by atoms with Gasteiger partial charge >= 0.3 is 0 Å². The molecule has 1 aromatic heterocycles. The molecule has 10 nitrogen and oxygen atoms in total. The van der Waals surface area contributed by atoms with Crippen molar-refractivity contribution in [3.05, 3.63) is 83.7 Å². The van der Waals surface area contributed by atoms with Crippen molar-refractivity contribution in [1.82, 2.24) is 25.0 Å². The summed E-state index contributed by atoms with van der Waals surface area (Å²) in [5.41, 5.74) is 2.70. The molecule has 1 saturated heterocycles. The first kappa shape index (κ1) is 27.1. The fraction of sp³-hybridized carbons (Fsp3) is 0.296. The Morgan fingerprint density at radius 3 is 2.58 bits per heavy atom. The molecular formula is C27H30N6O4S. The monoisotopic (exact) mass is 534 g/mol. The molecule has 4 rings (SSSR count). The lowest BCUT2D eigenvalue weighted by Crippen LogP contribution is -2.40. The summed E-state index contributed by atoms with van der Waals surface area (Å²) < 4.78 is 7.12. The van der Waals surface area contributed by atoms with E-state index < -0.39 is 0 Å². The van der Waals surface area contributed by atoms with E-state index in [9.17, 15) is 14.4 Å². The van der Waals surface area contributed by atoms with Gasteiger partial charge in [-0.25, -0.2) is 0 Å². The van der Waals surface area contributed by atoms with E-state index in [1.165, 1.54) is 11.8 Å². The summed E-state index contributed by atoms with van der Waals surface area (Å²) >= 11 is 1.23. The molecule has 1 fully saturated rings. The predicted octanol–water partition coefficient (Wildman–Crippen LogP) is 2.91. The molecule has 3 amide bonds. The largest absolute Gasteiger partial charge is 0.378 e. The lowest BCUT2D eigenvalue weighted by Gasteiger charge is -2.27. The maximum Gasteiger partial charge on any atom is 0.254 e. The number of nitrogens with one attached hydrogen (secondary N) is 2. The number of ether oxygens (including phenoxy) is 1. The van der Waals surface area contributed by atoms with Crippen molar-refractivity contribution in [3.8, 4) is 0 Å². The summed E-state index contributed by atoms with van der Waals surface area (Å²) in [6.07, 6.45) is 1.70. The van der Waals surface area contributed by atoms with E-state index in [4.69, 9.17) is 4.74 Å². The molecule has 3 aromatic rings. The van der Waals surface area contributed by atoms with Crippen molar-refractivity contribution in [2.45, 2.75) is 25.2 Å². The molecule has 2 heterocycles. The average molecular weight is 535 g/mol. The molecule has 0 radical (unpaired) electrons. The predicted molar refractivity (Wildman–Crippen MR) is 145 cm³/mol. The first-order chi connectivity index (χ1) is 18.4. The fourth-order valence-electron chi connectivity index (χ4n) is 3.84. The van der Waals surface area contributed by atoms with Gasteiger partial charge < -0.3 is 24.8 Å². The Morgan fingerprint density at radius 1 is 1.08 bits per heavy atom. The quantitative estimate of drug-likeness (QED) is 0.303. The number of nitrogens with zero attached hydrogens (tertiary/aromatic N) is 4. The van der Waals surface area contributed by atoms with Crippen LogP contribution in [0.4, 0.5) is 5.69 Å². The van der Waals surface area contributed by atoms with Crippen LogP contribution in [0.5, 0.6) is 0 Å². The summed E-state index contributed by atoms with van der Waals surface area (Å²) in [6.45, 7) is 8.51. The molecule has 0 unspecified atom stereocenters. The molecule has 38 heavy (non-hydrogen) atoms. The highest BCUT2D eigenvalue weighted by atomic mass is 32.2. The minimum absolute atomic E-state index is 0.0849. The van der Waals surface area contributed by atoms with Crippen LogP contribution >= 0.6 is 11.8 Å². The summed E-state index contributed by atoms with van der Waals surface area (Å²) in [7, 11) is 0. The summed E-state index contributed by atoms with van der Waals surface area (Å²) in [5.74, 6) is 0.113. The molecule has 1 aliphatic heterocycles. The third-order valence-corrected chi connectivity index (χ3v) is 6.82. The van der Waals surface area contributed by atoms with Gasteiger partial charge in [-0.2, -0.15) is 0 Å². The van der Waals surface area contributed by atoms with E-state index in [1.54, 1.807) is 47.4 Å². The number of thioether (sulfide) groups is 1. The van der Waals surface area contributed by atoms with Crippen LogP contribution in [0, 0.1) is 6.92 Å². The summed E-state index contributed by atoms with van der Waals surface area (Å²) in [4.78, 5) is 39.6. The third-order valence-electron chi connectivity index (χ3n) is 5.85. The molecule has 0 atom stereocenters. The van der Waals surface area contributed by atoms with E-state index in [1.807, 2.05) is 23.6 Å². The summed E-state index contributed by atoms with van der Waals surface area (Å²) in [6, 6.07) is 14.2. The van der Waals surface area contributed by atoms with Gasteiger partial charge in [0.05, 0.1) is 25.5 Å². The zero-order chi connectivity index (χ0) is 26.9. The van der Waals surface area contributed by atoms with Crippen LogP contribution in [0.25, 0.3) is 0 Å². The lowest BCUT2D eigenvalue weighted by atomic mass is 10.1. The van der Waals surface area contributed by atoms with Crippen LogP contribution in [0.15, 0.2) is 66.3 Å². The highest BCUT2D eigenvalue weighted by Gasteiger charge is 2.19. The topological polar surface area (TPSA) is 118 Å². The maximum atomic E-state index is 12.7. The molecule has 0 bridgehead atoms. The Morgan fingerprint density at radius 2 is 1.84 bits per heavy atom. The highest BCUT2D eigenvalue weighted by Crippen LogP contribution is 2.19. The molecule has 2 aromatic carbocycles. The molecule has 1 aliphatic rings. The number of aromatic nitrogens is 3. The van der Waals surface area contributed by atoms with Crippen molar-refractivity contribution >= 4 is 35.2 Å². The molecule has 0 aliphatic carbocycles. The maximum absolute atomic E-state index is 12.7. The van der Waals surface area contributed by atoms with Crippen LogP contribution in [0.1, 0.15) is 32.1 Å². The number of allylic oxidation sites excluding steroid dienone is 1. The van der Waals surface area contributed by atoms with Crippen LogP contribution in [-0.2, 0) is 22.6 Å². The summed E-state index contributed by atoms with van der Waals surface area (Å²) in [5, 5.41) is 14.6. The number of morpholine rings is 1. The van der Waals surface area contributed by atoms with Crippen molar-refractivity contribution < 1.29 is 19.1 Å². The van der Waals surface area contributed by atoms with E-state index in [0.717, 1.165) is 5.56 Å². The van der Waals surface area contributed by atoms with Crippen molar-refractivity contribution in [1.29, 1.82) is 0 Å². The van der Waals surface area contributed by atoms with Crippen LogP contribution < -0.4 is 10.6 Å². The Labute approximate surface area is 225 Å². The van der Waals surface area contributed by atoms with E-state index in [-0.39, 0.29) is 30.0 Å². The second-order valence-corrected chi connectivity index (χ2v) is 9.61. The Hall–Kier alpha value is -3.96. The van der Waals surface area contributed by atoms with Gasteiger partial charge in [0.1, 0.15) is 0 Å². The number of rotatable bonds is 10. The number of benzene rings is 2. The number of carbonyl (C=O) groups is 3. The number of carbonyl (C=O) groups excluding carboxylic acids is 3. The van der Waals surface area contributed by atoms with Gasteiger partial charge in [0.25, 0.3) is 11.8 Å². The zero-order valence-electron chi connectivity index (χ0n) is 21.2. The highest BCUT2D eigenvalue weighted by molar-refractivity contribution is 7.99. The number of amides is 3. The zero-order valence-corrected chi connectivity index (χ0v) is 22.0. The fourth-order valence-corrected chi connectivity index (χ4v) is 4.61. The molecule has 0 saturated carbocycles. The van der Waals surface area contributed by atoms with Crippen LogP contribution in [0.2, 0.25) is 0 Å². The van der Waals surface area contributed by atoms with Gasteiger partial charge in [0.15, 0.2) is 11.0 Å². The van der Waals surface area contributed by atoms with Gasteiger partial charge in [0, 0.05) is 36.4 Å². The normalized spacial score (nSPS) is 13.1. The van der Waals surface area contributed by atoms with Gasteiger partial charge in [0.2, 0.25) is 5.91 Å². The van der Waals surface area contributed by atoms with Gasteiger partial charge in [-0.1, -0.05) is 41.6 Å². The Kier molecular flexibility index (Phi) is 9.28. The molecule has 11 heteroatoms. The van der Waals surface area contributed by atoms with Crippen molar-refractivity contribution in [3.63, 3.8) is 0 Å². The van der Waals surface area contributed by atoms with Crippen LogP contribution in [0.3, 0.4) is 0 Å². The second kappa shape index (κ2) is 13.0.